The van der Waals surface area contributed by atoms with E-state index in [0.29, 0.717) is 18.1 Å². The third kappa shape index (κ3) is 4.67. The summed E-state index contributed by atoms with van der Waals surface area (Å²) < 4.78 is 4.21. The molecule has 0 bridgehead atoms. The van der Waals surface area contributed by atoms with Gasteiger partial charge < -0.3 is 0 Å². The SMILES string of the molecule is CC(Cn1cc(Br)cn1)C(=O)Nc1ncn(Cc2ccccc2Cl)n1. The first kappa shape index (κ1) is 17.6. The smallest absolute Gasteiger partial charge is 0.248 e. The van der Waals surface area contributed by atoms with Crippen molar-refractivity contribution in [2.45, 2.75) is 20.0 Å². The van der Waals surface area contributed by atoms with Crippen LogP contribution in [0, 0.1) is 5.92 Å². The molecule has 25 heavy (non-hydrogen) atoms. The monoisotopic (exact) mass is 422 g/mol. The average Bonchev–Trinajstić information content (AvgIpc) is 3.18. The van der Waals surface area contributed by atoms with Gasteiger partial charge in [0.1, 0.15) is 6.33 Å². The highest BCUT2D eigenvalue weighted by molar-refractivity contribution is 9.10. The largest absolute Gasteiger partial charge is 0.293 e. The fraction of sp³-hybridized carbons (Fsp3) is 0.250. The maximum Gasteiger partial charge on any atom is 0.248 e. The molecule has 0 aliphatic rings. The number of carbonyl (C=O) groups is 1. The van der Waals surface area contributed by atoms with Gasteiger partial charge in [-0.2, -0.15) is 5.10 Å². The van der Waals surface area contributed by atoms with Crippen molar-refractivity contribution in [3.05, 3.63) is 58.0 Å². The third-order valence-electron chi connectivity index (χ3n) is 3.57. The van der Waals surface area contributed by atoms with Crippen LogP contribution in [0.1, 0.15) is 12.5 Å². The van der Waals surface area contributed by atoms with Gasteiger partial charge in [0.05, 0.1) is 29.7 Å². The average molecular weight is 424 g/mol. The molecule has 3 aromatic rings. The van der Waals surface area contributed by atoms with Gasteiger partial charge in [0, 0.05) is 11.2 Å². The lowest BCUT2D eigenvalue weighted by Crippen LogP contribution is -2.25. The highest BCUT2D eigenvalue weighted by atomic mass is 79.9. The Bertz CT molecular complexity index is 877. The summed E-state index contributed by atoms with van der Waals surface area (Å²) in [5.41, 5.74) is 0.935. The van der Waals surface area contributed by atoms with Crippen molar-refractivity contribution in [1.29, 1.82) is 0 Å². The molecule has 1 N–H and O–H groups in total. The lowest BCUT2D eigenvalue weighted by Gasteiger charge is -2.10. The predicted molar refractivity (Wildman–Crippen MR) is 98.3 cm³/mol. The van der Waals surface area contributed by atoms with Gasteiger partial charge in [0.2, 0.25) is 11.9 Å². The predicted octanol–water partition coefficient (Wildman–Crippen LogP) is 3.21. The van der Waals surface area contributed by atoms with E-state index in [1.807, 2.05) is 37.4 Å². The first-order valence-electron chi connectivity index (χ1n) is 7.63. The first-order chi connectivity index (χ1) is 12.0. The Morgan fingerprint density at radius 1 is 1.36 bits per heavy atom. The van der Waals surface area contributed by atoms with Crippen LogP contribution in [-0.4, -0.2) is 30.5 Å². The Morgan fingerprint density at radius 3 is 2.88 bits per heavy atom. The van der Waals surface area contributed by atoms with Crippen LogP contribution in [0.4, 0.5) is 5.95 Å². The Kier molecular flexibility index (Phi) is 5.50. The van der Waals surface area contributed by atoms with Gasteiger partial charge in [0.25, 0.3) is 0 Å². The molecule has 2 aromatic heterocycles. The van der Waals surface area contributed by atoms with E-state index in [0.717, 1.165) is 10.0 Å². The van der Waals surface area contributed by atoms with Crippen molar-refractivity contribution in [2.75, 3.05) is 5.32 Å². The minimum atomic E-state index is -0.276. The van der Waals surface area contributed by atoms with E-state index >= 15 is 0 Å². The summed E-state index contributed by atoms with van der Waals surface area (Å²) in [6.07, 6.45) is 5.07. The molecule has 1 unspecified atom stereocenters. The van der Waals surface area contributed by atoms with Gasteiger partial charge in [-0.05, 0) is 27.6 Å². The van der Waals surface area contributed by atoms with Crippen LogP contribution in [-0.2, 0) is 17.9 Å². The molecule has 1 aromatic carbocycles. The molecular formula is C16H16BrClN6O. The molecular weight excluding hydrogens is 408 g/mol. The number of benzene rings is 1. The van der Waals surface area contributed by atoms with E-state index in [1.165, 1.54) is 0 Å². The quantitative estimate of drug-likeness (QED) is 0.660. The maximum absolute atomic E-state index is 12.3. The Hall–Kier alpha value is -2.19. The van der Waals surface area contributed by atoms with Crippen molar-refractivity contribution < 1.29 is 4.79 Å². The Balaban J connectivity index is 1.59. The molecule has 0 radical (unpaired) electrons. The van der Waals surface area contributed by atoms with E-state index in [9.17, 15) is 4.79 Å². The number of hydrogen-bond donors (Lipinski definition) is 1. The molecule has 0 spiro atoms. The van der Waals surface area contributed by atoms with E-state index in [4.69, 9.17) is 11.6 Å². The zero-order chi connectivity index (χ0) is 17.8. The van der Waals surface area contributed by atoms with Gasteiger partial charge in [-0.1, -0.05) is 36.7 Å². The van der Waals surface area contributed by atoms with Gasteiger partial charge >= 0.3 is 0 Å². The second-order valence-corrected chi connectivity index (χ2v) is 6.95. The highest BCUT2D eigenvalue weighted by Crippen LogP contribution is 2.16. The number of halogens is 2. The summed E-state index contributed by atoms with van der Waals surface area (Å²) in [5.74, 6) is -0.171. The topological polar surface area (TPSA) is 77.6 Å². The minimum Gasteiger partial charge on any atom is -0.293 e. The van der Waals surface area contributed by atoms with Gasteiger partial charge in [-0.3, -0.25) is 14.8 Å². The molecule has 130 valence electrons. The van der Waals surface area contributed by atoms with Gasteiger partial charge in [-0.15, -0.1) is 5.10 Å². The van der Waals surface area contributed by atoms with Crippen molar-refractivity contribution in [1.82, 2.24) is 24.5 Å². The fourth-order valence-corrected chi connectivity index (χ4v) is 2.79. The second kappa shape index (κ2) is 7.79. The first-order valence-corrected chi connectivity index (χ1v) is 8.80. The molecule has 0 saturated carbocycles. The van der Waals surface area contributed by atoms with E-state index < -0.39 is 0 Å². The number of nitrogens with one attached hydrogen (secondary N) is 1. The van der Waals surface area contributed by atoms with E-state index in [1.54, 1.807) is 21.9 Å². The van der Waals surface area contributed by atoms with Crippen LogP contribution in [0.5, 0.6) is 0 Å². The number of aromatic nitrogens is 5. The lowest BCUT2D eigenvalue weighted by molar-refractivity contribution is -0.119. The van der Waals surface area contributed by atoms with Crippen molar-refractivity contribution >= 4 is 39.4 Å². The van der Waals surface area contributed by atoms with Crippen LogP contribution in [0.2, 0.25) is 5.02 Å². The fourth-order valence-electron chi connectivity index (χ4n) is 2.26. The Morgan fingerprint density at radius 2 is 2.16 bits per heavy atom. The zero-order valence-corrected chi connectivity index (χ0v) is 15.8. The Labute approximate surface area is 158 Å². The molecule has 1 amide bonds. The van der Waals surface area contributed by atoms with Gasteiger partial charge in [-0.25, -0.2) is 9.67 Å². The molecule has 0 saturated heterocycles. The molecule has 0 aliphatic carbocycles. The van der Waals surface area contributed by atoms with E-state index in [2.05, 4.69) is 36.4 Å². The zero-order valence-electron chi connectivity index (χ0n) is 13.4. The molecule has 0 fully saturated rings. The number of anilines is 1. The van der Waals surface area contributed by atoms with Crippen LogP contribution in [0.15, 0.2) is 47.5 Å². The number of hydrogen-bond acceptors (Lipinski definition) is 4. The molecule has 1 atom stereocenters. The van der Waals surface area contributed by atoms with Crippen LogP contribution >= 0.6 is 27.5 Å². The summed E-state index contributed by atoms with van der Waals surface area (Å²) in [6.45, 7) is 2.78. The third-order valence-corrected chi connectivity index (χ3v) is 4.35. The van der Waals surface area contributed by atoms with Crippen LogP contribution in [0.3, 0.4) is 0 Å². The number of nitrogens with zero attached hydrogens (tertiary/aromatic N) is 5. The molecule has 3 rings (SSSR count). The standard InChI is InChI=1S/C16H16BrClN6O/c1-11(7-23-9-13(17)6-20-23)15(25)21-16-19-10-24(22-16)8-12-4-2-3-5-14(12)18/h2-6,9-11H,7-8H2,1H3,(H,21,22,25). The van der Waals surface area contributed by atoms with Crippen molar-refractivity contribution in [3.63, 3.8) is 0 Å². The summed E-state index contributed by atoms with van der Waals surface area (Å²) in [7, 11) is 0. The molecule has 2 heterocycles. The van der Waals surface area contributed by atoms with Crippen molar-refractivity contribution in [2.24, 2.45) is 5.92 Å². The van der Waals surface area contributed by atoms with Crippen molar-refractivity contribution in [3.8, 4) is 0 Å². The second-order valence-electron chi connectivity index (χ2n) is 5.63. The summed E-state index contributed by atoms with van der Waals surface area (Å²) in [6, 6.07) is 7.53. The maximum atomic E-state index is 12.3. The molecule has 7 nitrogen and oxygen atoms in total. The minimum absolute atomic E-state index is 0.165. The normalized spacial score (nSPS) is 12.1. The van der Waals surface area contributed by atoms with Gasteiger partial charge in [0.15, 0.2) is 0 Å². The number of amides is 1. The molecule has 0 aliphatic heterocycles. The lowest BCUT2D eigenvalue weighted by atomic mass is 10.1. The van der Waals surface area contributed by atoms with Crippen LogP contribution in [0.25, 0.3) is 0 Å². The summed E-state index contributed by atoms with van der Waals surface area (Å²) in [4.78, 5) is 16.4. The summed E-state index contributed by atoms with van der Waals surface area (Å²) in [5, 5.41) is 11.8. The highest BCUT2D eigenvalue weighted by Gasteiger charge is 2.16. The number of carbonyl (C=O) groups excluding carboxylic acids is 1. The summed E-state index contributed by atoms with van der Waals surface area (Å²) >= 11 is 9.47. The number of rotatable bonds is 6. The molecule has 9 heteroatoms. The van der Waals surface area contributed by atoms with E-state index in [-0.39, 0.29) is 17.8 Å². The van der Waals surface area contributed by atoms with Crippen LogP contribution < -0.4 is 5.32 Å².